The summed E-state index contributed by atoms with van der Waals surface area (Å²) in [5, 5.41) is 18.0. The van der Waals surface area contributed by atoms with E-state index in [1.54, 1.807) is 19.1 Å². The van der Waals surface area contributed by atoms with Crippen LogP contribution in [0.1, 0.15) is 11.1 Å². The molecule has 0 radical (unpaired) electrons. The predicted molar refractivity (Wildman–Crippen MR) is 55.2 cm³/mol. The zero-order valence-corrected chi connectivity index (χ0v) is 8.91. The van der Waals surface area contributed by atoms with Crippen molar-refractivity contribution >= 4 is 17.6 Å². The second kappa shape index (κ2) is 5.00. The summed E-state index contributed by atoms with van der Waals surface area (Å²) in [5.74, 6) is -0.715. The number of halogens is 1. The average Bonchev–Trinajstić information content (AvgIpc) is 2.19. The van der Waals surface area contributed by atoms with Crippen LogP contribution in [0.5, 0.6) is 5.75 Å². The molecule has 0 heterocycles. The first-order chi connectivity index (χ1) is 7.04. The van der Waals surface area contributed by atoms with Gasteiger partial charge in [-0.3, -0.25) is 0 Å². The number of ether oxygens (including phenoxy) is 1. The van der Waals surface area contributed by atoms with E-state index < -0.39 is 12.6 Å². The number of aliphatic carboxylic acids is 1. The number of aliphatic hydroxyl groups excluding tert-OH is 1. The highest BCUT2D eigenvalue weighted by molar-refractivity contribution is 6.31. The predicted octanol–water partition coefficient (Wildman–Crippen LogP) is 1.60. The highest BCUT2D eigenvalue weighted by Crippen LogP contribution is 2.26. The topological polar surface area (TPSA) is 66.8 Å². The molecule has 0 spiro atoms. The third-order valence-electron chi connectivity index (χ3n) is 1.86. The molecule has 1 aromatic carbocycles. The highest BCUT2D eigenvalue weighted by Gasteiger charge is 2.08. The molecular weight excluding hydrogens is 220 g/mol. The summed E-state index contributed by atoms with van der Waals surface area (Å²) in [6.07, 6.45) is 0. The number of hydrogen-bond acceptors (Lipinski definition) is 3. The summed E-state index contributed by atoms with van der Waals surface area (Å²) in [5.41, 5.74) is 1.25. The van der Waals surface area contributed by atoms with Gasteiger partial charge in [0.1, 0.15) is 5.75 Å². The van der Waals surface area contributed by atoms with Gasteiger partial charge in [-0.15, -0.1) is 0 Å². The van der Waals surface area contributed by atoms with Gasteiger partial charge in [-0.05, 0) is 24.6 Å². The third-order valence-corrected chi connectivity index (χ3v) is 2.27. The van der Waals surface area contributed by atoms with Gasteiger partial charge in [-0.1, -0.05) is 11.6 Å². The summed E-state index contributed by atoms with van der Waals surface area (Å²) in [4.78, 5) is 10.3. The van der Waals surface area contributed by atoms with Crippen molar-refractivity contribution in [3.63, 3.8) is 0 Å². The summed E-state index contributed by atoms with van der Waals surface area (Å²) in [6, 6.07) is 3.17. The van der Waals surface area contributed by atoms with E-state index in [0.717, 1.165) is 5.56 Å². The van der Waals surface area contributed by atoms with Crippen LogP contribution in [0.4, 0.5) is 0 Å². The lowest BCUT2D eigenvalue weighted by atomic mass is 10.1. The Morgan fingerprint density at radius 1 is 1.53 bits per heavy atom. The molecule has 0 unspecified atom stereocenters. The van der Waals surface area contributed by atoms with E-state index in [9.17, 15) is 4.79 Å². The van der Waals surface area contributed by atoms with Gasteiger partial charge in [0.15, 0.2) is 6.61 Å². The van der Waals surface area contributed by atoms with E-state index in [1.165, 1.54) is 0 Å². The zero-order valence-electron chi connectivity index (χ0n) is 8.16. The maximum absolute atomic E-state index is 10.3. The molecule has 0 aliphatic rings. The molecule has 4 nitrogen and oxygen atoms in total. The molecule has 2 N–H and O–H groups in total. The first-order valence-electron chi connectivity index (χ1n) is 4.29. The Hall–Kier alpha value is -1.26. The van der Waals surface area contributed by atoms with Crippen molar-refractivity contribution in [2.24, 2.45) is 0 Å². The van der Waals surface area contributed by atoms with Crippen molar-refractivity contribution in [1.29, 1.82) is 0 Å². The summed E-state index contributed by atoms with van der Waals surface area (Å²) >= 11 is 5.84. The number of rotatable bonds is 4. The average molecular weight is 231 g/mol. The Bertz CT molecular complexity index is 376. The molecule has 1 rings (SSSR count). The van der Waals surface area contributed by atoms with E-state index in [4.69, 9.17) is 26.6 Å². The minimum atomic E-state index is -1.06. The molecular formula is C10H11ClO4. The molecule has 0 aliphatic carbocycles. The Morgan fingerprint density at radius 3 is 2.73 bits per heavy atom. The van der Waals surface area contributed by atoms with E-state index in [2.05, 4.69) is 0 Å². The van der Waals surface area contributed by atoms with Crippen molar-refractivity contribution < 1.29 is 19.7 Å². The smallest absolute Gasteiger partial charge is 0.341 e. The van der Waals surface area contributed by atoms with E-state index in [-0.39, 0.29) is 6.61 Å². The van der Waals surface area contributed by atoms with Gasteiger partial charge >= 0.3 is 5.97 Å². The lowest BCUT2D eigenvalue weighted by Gasteiger charge is -2.10. The molecule has 0 aliphatic heterocycles. The molecule has 0 bridgehead atoms. The number of aliphatic hydroxyl groups is 1. The van der Waals surface area contributed by atoms with Crippen LogP contribution in [-0.2, 0) is 11.4 Å². The van der Waals surface area contributed by atoms with Crippen LogP contribution in [0, 0.1) is 6.92 Å². The summed E-state index contributed by atoms with van der Waals surface area (Å²) < 4.78 is 5.01. The maximum Gasteiger partial charge on any atom is 0.341 e. The fourth-order valence-corrected chi connectivity index (χ4v) is 1.28. The third kappa shape index (κ3) is 3.11. The number of hydrogen-bond donors (Lipinski definition) is 2. The minimum absolute atomic E-state index is 0.241. The fourth-order valence-electron chi connectivity index (χ4n) is 1.09. The number of carbonyl (C=O) groups is 1. The number of aryl methyl sites for hydroxylation is 1. The second-order valence-electron chi connectivity index (χ2n) is 3.05. The van der Waals surface area contributed by atoms with Crippen LogP contribution in [0.3, 0.4) is 0 Å². The van der Waals surface area contributed by atoms with Gasteiger partial charge in [-0.2, -0.15) is 0 Å². The van der Waals surface area contributed by atoms with Crippen molar-refractivity contribution in [2.75, 3.05) is 6.61 Å². The molecule has 5 heteroatoms. The Labute approximate surface area is 92.1 Å². The zero-order chi connectivity index (χ0) is 11.4. The van der Waals surface area contributed by atoms with Gasteiger partial charge in [-0.25, -0.2) is 4.79 Å². The van der Waals surface area contributed by atoms with Crippen LogP contribution in [0.15, 0.2) is 12.1 Å². The van der Waals surface area contributed by atoms with Crippen LogP contribution in [0.25, 0.3) is 0 Å². The summed E-state index contributed by atoms with van der Waals surface area (Å²) in [7, 11) is 0. The Morgan fingerprint density at radius 2 is 2.20 bits per heavy atom. The first-order valence-corrected chi connectivity index (χ1v) is 4.67. The molecule has 0 saturated carbocycles. The maximum atomic E-state index is 10.3. The molecule has 0 aromatic heterocycles. The minimum Gasteiger partial charge on any atom is -0.482 e. The van der Waals surface area contributed by atoms with E-state index in [1.807, 2.05) is 0 Å². The lowest BCUT2D eigenvalue weighted by Crippen LogP contribution is -2.10. The van der Waals surface area contributed by atoms with Gasteiger partial charge < -0.3 is 14.9 Å². The van der Waals surface area contributed by atoms with Gasteiger partial charge in [0, 0.05) is 10.6 Å². The Balaban J connectivity index is 2.94. The molecule has 0 amide bonds. The molecule has 0 atom stereocenters. The standard InChI is InChI=1S/C10H11ClO4/c1-6-2-9(15-5-10(13)14)7(4-12)3-8(6)11/h2-3,12H,4-5H2,1H3,(H,13,14). The van der Waals surface area contributed by atoms with Gasteiger partial charge in [0.05, 0.1) is 6.61 Å². The molecule has 82 valence electrons. The Kier molecular flexibility index (Phi) is 3.94. The van der Waals surface area contributed by atoms with Crippen molar-refractivity contribution in [3.8, 4) is 5.75 Å². The van der Waals surface area contributed by atoms with Gasteiger partial charge in [0.25, 0.3) is 0 Å². The van der Waals surface area contributed by atoms with Crippen molar-refractivity contribution in [1.82, 2.24) is 0 Å². The number of benzene rings is 1. The quantitative estimate of drug-likeness (QED) is 0.825. The van der Waals surface area contributed by atoms with Crippen LogP contribution in [0.2, 0.25) is 5.02 Å². The van der Waals surface area contributed by atoms with Crippen LogP contribution in [-0.4, -0.2) is 22.8 Å². The summed E-state index contributed by atoms with van der Waals surface area (Å²) in [6.45, 7) is 1.10. The number of carboxylic acid groups (broad SMARTS) is 1. The monoisotopic (exact) mass is 230 g/mol. The molecule has 1 aromatic rings. The second-order valence-corrected chi connectivity index (χ2v) is 3.46. The SMILES string of the molecule is Cc1cc(OCC(=O)O)c(CO)cc1Cl. The van der Waals surface area contributed by atoms with Crippen molar-refractivity contribution in [3.05, 3.63) is 28.3 Å². The normalized spacial score (nSPS) is 10.1. The van der Waals surface area contributed by atoms with E-state index in [0.29, 0.717) is 16.3 Å². The van der Waals surface area contributed by atoms with Gasteiger partial charge in [0.2, 0.25) is 0 Å². The largest absolute Gasteiger partial charge is 0.482 e. The molecule has 0 saturated heterocycles. The highest BCUT2D eigenvalue weighted by atomic mass is 35.5. The van der Waals surface area contributed by atoms with Crippen LogP contribution >= 0.6 is 11.6 Å². The lowest BCUT2D eigenvalue weighted by molar-refractivity contribution is -0.139. The molecule has 15 heavy (non-hydrogen) atoms. The fraction of sp³-hybridized carbons (Fsp3) is 0.300. The van der Waals surface area contributed by atoms with E-state index >= 15 is 0 Å². The van der Waals surface area contributed by atoms with Crippen LogP contribution < -0.4 is 4.74 Å². The number of carboxylic acids is 1. The molecule has 0 fully saturated rings. The van der Waals surface area contributed by atoms with Crippen molar-refractivity contribution in [2.45, 2.75) is 13.5 Å². The first kappa shape index (κ1) is 11.8.